The molecule has 0 radical (unpaired) electrons. The standard InChI is InChI=1S/C20H18N4O2/c21-11-13-24(14-12-22)19(25)15-18(16-7-3-1-4-8-16)23-20(26)17-9-5-2-6-10-17/h1-10,18H,13-15H2,(H,23,26). The first-order valence-corrected chi connectivity index (χ1v) is 8.08. The van der Waals surface area contributed by atoms with Crippen LogP contribution in [0.3, 0.4) is 0 Å². The second-order valence-electron chi connectivity index (χ2n) is 5.57. The number of carbonyl (C=O) groups is 2. The summed E-state index contributed by atoms with van der Waals surface area (Å²) < 4.78 is 0. The van der Waals surface area contributed by atoms with E-state index < -0.39 is 6.04 Å². The van der Waals surface area contributed by atoms with Crippen LogP contribution in [-0.2, 0) is 4.79 Å². The molecule has 130 valence electrons. The number of amides is 2. The van der Waals surface area contributed by atoms with Gasteiger partial charge in [-0.25, -0.2) is 0 Å². The van der Waals surface area contributed by atoms with E-state index in [1.54, 1.807) is 24.3 Å². The third kappa shape index (κ3) is 5.19. The molecule has 2 amide bonds. The number of carbonyl (C=O) groups excluding carboxylic acids is 2. The number of nitrogens with zero attached hydrogens (tertiary/aromatic N) is 3. The molecule has 0 heterocycles. The normalized spacial score (nSPS) is 10.8. The number of hydrogen-bond donors (Lipinski definition) is 1. The molecule has 0 bridgehead atoms. The van der Waals surface area contributed by atoms with Crippen LogP contribution in [0.25, 0.3) is 0 Å². The molecule has 0 saturated heterocycles. The molecule has 26 heavy (non-hydrogen) atoms. The molecule has 1 unspecified atom stereocenters. The summed E-state index contributed by atoms with van der Waals surface area (Å²) in [5.41, 5.74) is 1.27. The first-order valence-electron chi connectivity index (χ1n) is 8.08. The monoisotopic (exact) mass is 346 g/mol. The van der Waals surface area contributed by atoms with Crippen LogP contribution in [0.5, 0.6) is 0 Å². The predicted octanol–water partition coefficient (Wildman–Crippen LogP) is 2.42. The molecule has 2 aromatic rings. The quantitative estimate of drug-likeness (QED) is 0.779. The number of rotatable bonds is 7. The van der Waals surface area contributed by atoms with Crippen molar-refractivity contribution in [2.24, 2.45) is 0 Å². The highest BCUT2D eigenvalue weighted by Gasteiger charge is 2.22. The topological polar surface area (TPSA) is 97.0 Å². The van der Waals surface area contributed by atoms with Gasteiger partial charge in [0.25, 0.3) is 5.91 Å². The molecule has 6 nitrogen and oxygen atoms in total. The van der Waals surface area contributed by atoms with Crippen molar-refractivity contribution in [1.29, 1.82) is 10.5 Å². The molecule has 2 rings (SSSR count). The van der Waals surface area contributed by atoms with Crippen molar-refractivity contribution in [3.05, 3.63) is 71.8 Å². The predicted molar refractivity (Wildman–Crippen MR) is 95.5 cm³/mol. The van der Waals surface area contributed by atoms with Crippen molar-refractivity contribution in [3.63, 3.8) is 0 Å². The lowest BCUT2D eigenvalue weighted by atomic mass is 10.0. The average molecular weight is 346 g/mol. The van der Waals surface area contributed by atoms with Gasteiger partial charge < -0.3 is 10.2 Å². The Hall–Kier alpha value is -3.64. The van der Waals surface area contributed by atoms with Gasteiger partial charge >= 0.3 is 0 Å². The van der Waals surface area contributed by atoms with Crippen LogP contribution in [0.15, 0.2) is 60.7 Å². The Kier molecular flexibility index (Phi) is 6.91. The lowest BCUT2D eigenvalue weighted by Gasteiger charge is -2.22. The molecular weight excluding hydrogens is 328 g/mol. The smallest absolute Gasteiger partial charge is 0.251 e. The molecule has 0 aliphatic heterocycles. The van der Waals surface area contributed by atoms with Crippen molar-refractivity contribution < 1.29 is 9.59 Å². The Labute approximate surface area is 152 Å². The van der Waals surface area contributed by atoms with E-state index in [-0.39, 0.29) is 31.3 Å². The van der Waals surface area contributed by atoms with Crippen molar-refractivity contribution in [3.8, 4) is 12.1 Å². The summed E-state index contributed by atoms with van der Waals surface area (Å²) in [5.74, 6) is -0.658. The summed E-state index contributed by atoms with van der Waals surface area (Å²) in [6.45, 7) is -0.332. The van der Waals surface area contributed by atoms with Crippen LogP contribution in [-0.4, -0.2) is 29.8 Å². The molecule has 1 atom stereocenters. The molecule has 1 N–H and O–H groups in total. The molecule has 0 spiro atoms. The Morgan fingerprint density at radius 3 is 2.00 bits per heavy atom. The highest BCUT2D eigenvalue weighted by molar-refractivity contribution is 5.94. The van der Waals surface area contributed by atoms with Crippen LogP contribution in [0.2, 0.25) is 0 Å². The first kappa shape index (κ1) is 18.7. The van der Waals surface area contributed by atoms with Gasteiger partial charge in [0.2, 0.25) is 5.91 Å². The minimum Gasteiger partial charge on any atom is -0.345 e. The molecule has 0 aromatic heterocycles. The lowest BCUT2D eigenvalue weighted by molar-refractivity contribution is -0.130. The van der Waals surface area contributed by atoms with Crippen LogP contribution >= 0.6 is 0 Å². The second kappa shape index (κ2) is 9.61. The summed E-state index contributed by atoms with van der Waals surface area (Å²) in [6.07, 6.45) is -0.0358. The lowest BCUT2D eigenvalue weighted by Crippen LogP contribution is -2.37. The minimum atomic E-state index is -0.559. The van der Waals surface area contributed by atoms with Crippen LogP contribution in [0.1, 0.15) is 28.4 Å². The van der Waals surface area contributed by atoms with Crippen LogP contribution in [0.4, 0.5) is 0 Å². The fraction of sp³-hybridized carbons (Fsp3) is 0.200. The molecule has 6 heteroatoms. The Morgan fingerprint density at radius 1 is 0.923 bits per heavy atom. The van der Waals surface area contributed by atoms with Crippen LogP contribution < -0.4 is 5.32 Å². The minimum absolute atomic E-state index is 0.0358. The van der Waals surface area contributed by atoms with E-state index in [4.69, 9.17) is 10.5 Å². The number of hydrogen-bond acceptors (Lipinski definition) is 4. The first-order chi connectivity index (χ1) is 12.7. The summed E-state index contributed by atoms with van der Waals surface area (Å²) in [5, 5.41) is 20.5. The third-order valence-corrected chi connectivity index (χ3v) is 3.80. The van der Waals surface area contributed by atoms with Gasteiger partial charge in [-0.1, -0.05) is 48.5 Å². The van der Waals surface area contributed by atoms with Gasteiger partial charge in [0.15, 0.2) is 0 Å². The summed E-state index contributed by atoms with van der Waals surface area (Å²) in [7, 11) is 0. The van der Waals surface area contributed by atoms with Crippen LogP contribution in [0, 0.1) is 22.7 Å². The highest BCUT2D eigenvalue weighted by Crippen LogP contribution is 2.19. The SMILES string of the molecule is N#CCN(CC#N)C(=O)CC(NC(=O)c1ccccc1)c1ccccc1. The van der Waals surface area contributed by atoms with Gasteiger partial charge in [0, 0.05) is 5.56 Å². The largest absolute Gasteiger partial charge is 0.345 e. The van der Waals surface area contributed by atoms with E-state index in [9.17, 15) is 9.59 Å². The zero-order valence-electron chi connectivity index (χ0n) is 14.1. The number of nitriles is 2. The van der Waals surface area contributed by atoms with E-state index in [0.29, 0.717) is 5.56 Å². The van der Waals surface area contributed by atoms with E-state index in [1.807, 2.05) is 48.5 Å². The van der Waals surface area contributed by atoms with Gasteiger partial charge in [-0.3, -0.25) is 9.59 Å². The van der Waals surface area contributed by atoms with E-state index in [1.165, 1.54) is 4.90 Å². The van der Waals surface area contributed by atoms with Crippen molar-refractivity contribution in [1.82, 2.24) is 10.2 Å². The second-order valence-corrected chi connectivity index (χ2v) is 5.57. The maximum absolute atomic E-state index is 12.5. The highest BCUT2D eigenvalue weighted by atomic mass is 16.2. The molecular formula is C20H18N4O2. The van der Waals surface area contributed by atoms with Crippen molar-refractivity contribution >= 4 is 11.8 Å². The molecule has 0 aliphatic rings. The van der Waals surface area contributed by atoms with E-state index in [0.717, 1.165) is 5.56 Å². The summed E-state index contributed by atoms with van der Waals surface area (Å²) in [6, 6.07) is 21.1. The Bertz CT molecular complexity index is 806. The van der Waals surface area contributed by atoms with Crippen molar-refractivity contribution in [2.75, 3.05) is 13.1 Å². The maximum atomic E-state index is 12.5. The number of benzene rings is 2. The fourth-order valence-electron chi connectivity index (χ4n) is 2.48. The number of nitrogens with one attached hydrogen (secondary N) is 1. The van der Waals surface area contributed by atoms with E-state index >= 15 is 0 Å². The van der Waals surface area contributed by atoms with Gasteiger partial charge in [-0.2, -0.15) is 10.5 Å². The maximum Gasteiger partial charge on any atom is 0.251 e. The zero-order chi connectivity index (χ0) is 18.8. The van der Waals surface area contributed by atoms with Gasteiger partial charge in [0.1, 0.15) is 13.1 Å². The summed E-state index contributed by atoms with van der Waals surface area (Å²) >= 11 is 0. The third-order valence-electron chi connectivity index (χ3n) is 3.80. The molecule has 0 aliphatic carbocycles. The fourth-order valence-corrected chi connectivity index (χ4v) is 2.48. The van der Waals surface area contributed by atoms with E-state index in [2.05, 4.69) is 5.32 Å². The Balaban J connectivity index is 2.19. The molecule has 0 saturated carbocycles. The Morgan fingerprint density at radius 2 is 1.46 bits per heavy atom. The van der Waals surface area contributed by atoms with Gasteiger partial charge in [-0.15, -0.1) is 0 Å². The molecule has 0 fully saturated rings. The zero-order valence-corrected chi connectivity index (χ0v) is 14.1. The van der Waals surface area contributed by atoms with Gasteiger partial charge in [0.05, 0.1) is 24.6 Å². The molecule has 2 aromatic carbocycles. The average Bonchev–Trinajstić information content (AvgIpc) is 2.68. The van der Waals surface area contributed by atoms with Crippen molar-refractivity contribution in [2.45, 2.75) is 12.5 Å². The summed E-state index contributed by atoms with van der Waals surface area (Å²) in [4.78, 5) is 26.2. The van der Waals surface area contributed by atoms with Gasteiger partial charge in [-0.05, 0) is 17.7 Å².